The number of unbranched alkanes of at least 4 members (excludes halogenated alkanes) is 2. The van der Waals surface area contributed by atoms with Crippen molar-refractivity contribution >= 4 is 0 Å². The van der Waals surface area contributed by atoms with Gasteiger partial charge >= 0.3 is 0 Å². The Morgan fingerprint density at radius 3 is 2.60 bits per heavy atom. The molecule has 0 heterocycles. The molecule has 0 aromatic carbocycles. The minimum atomic E-state index is 0.733. The van der Waals surface area contributed by atoms with Crippen molar-refractivity contribution in [2.45, 2.75) is 84.2 Å². The third-order valence-electron chi connectivity index (χ3n) is 3.88. The zero-order valence-electron chi connectivity index (χ0n) is 10.9. The molecule has 3 unspecified atom stereocenters. The summed E-state index contributed by atoms with van der Waals surface area (Å²) in [5.74, 6) is 1.00. The smallest absolute Gasteiger partial charge is 0.00722 e. The summed E-state index contributed by atoms with van der Waals surface area (Å²) in [4.78, 5) is 0. The Hall–Kier alpha value is -0.0400. The van der Waals surface area contributed by atoms with Crippen molar-refractivity contribution in [3.8, 4) is 0 Å². The largest absolute Gasteiger partial charge is 0.311 e. The molecular weight excluding hydrogens is 182 g/mol. The lowest BCUT2D eigenvalue weighted by Gasteiger charge is -2.19. The minimum absolute atomic E-state index is 0.733. The van der Waals surface area contributed by atoms with Crippen molar-refractivity contribution < 1.29 is 0 Å². The van der Waals surface area contributed by atoms with Gasteiger partial charge in [-0.05, 0) is 38.5 Å². The van der Waals surface area contributed by atoms with E-state index < -0.39 is 0 Å². The highest BCUT2D eigenvalue weighted by atomic mass is 14.9. The first-order chi connectivity index (χ1) is 7.26. The summed E-state index contributed by atoms with van der Waals surface area (Å²) in [7, 11) is 0. The standard InChI is InChI=1S/C14H29N/c1-4-6-7-8-12(3)15-14-10-9-13(5-2)11-14/h12-15H,4-11H2,1-3H3. The molecule has 0 amide bonds. The molecule has 0 spiro atoms. The predicted molar refractivity (Wildman–Crippen MR) is 68.2 cm³/mol. The molecule has 1 heteroatoms. The van der Waals surface area contributed by atoms with E-state index in [-0.39, 0.29) is 0 Å². The average molecular weight is 211 g/mol. The summed E-state index contributed by atoms with van der Waals surface area (Å²) < 4.78 is 0. The molecule has 0 saturated heterocycles. The third kappa shape index (κ3) is 5.01. The molecule has 1 saturated carbocycles. The van der Waals surface area contributed by atoms with Crippen LogP contribution in [-0.2, 0) is 0 Å². The van der Waals surface area contributed by atoms with E-state index >= 15 is 0 Å². The summed E-state index contributed by atoms with van der Waals surface area (Å²) in [6, 6.07) is 1.56. The molecule has 90 valence electrons. The van der Waals surface area contributed by atoms with Crippen molar-refractivity contribution in [1.82, 2.24) is 5.32 Å². The van der Waals surface area contributed by atoms with Crippen molar-refractivity contribution in [2.24, 2.45) is 5.92 Å². The molecule has 0 aliphatic heterocycles. The molecule has 1 aliphatic carbocycles. The zero-order valence-corrected chi connectivity index (χ0v) is 10.9. The van der Waals surface area contributed by atoms with Gasteiger partial charge in [-0.25, -0.2) is 0 Å². The average Bonchev–Trinajstić information content (AvgIpc) is 2.66. The first-order valence-electron chi connectivity index (χ1n) is 7.02. The van der Waals surface area contributed by atoms with Gasteiger partial charge in [0.05, 0.1) is 0 Å². The van der Waals surface area contributed by atoms with Crippen LogP contribution in [0.15, 0.2) is 0 Å². The summed E-state index contributed by atoms with van der Waals surface area (Å²) in [5.41, 5.74) is 0. The summed E-state index contributed by atoms with van der Waals surface area (Å²) in [5, 5.41) is 3.80. The van der Waals surface area contributed by atoms with Gasteiger partial charge in [0.2, 0.25) is 0 Å². The monoisotopic (exact) mass is 211 g/mol. The molecule has 1 aliphatic rings. The Balaban J connectivity index is 2.07. The highest BCUT2D eigenvalue weighted by Crippen LogP contribution is 2.28. The van der Waals surface area contributed by atoms with Crippen LogP contribution in [0.5, 0.6) is 0 Å². The lowest BCUT2D eigenvalue weighted by Crippen LogP contribution is -2.34. The Kier molecular flexibility index (Phi) is 6.31. The number of rotatable bonds is 7. The molecule has 1 nitrogen and oxygen atoms in total. The fourth-order valence-corrected chi connectivity index (χ4v) is 2.78. The first-order valence-corrected chi connectivity index (χ1v) is 7.02. The number of hydrogen-bond acceptors (Lipinski definition) is 1. The van der Waals surface area contributed by atoms with Crippen LogP contribution in [0.4, 0.5) is 0 Å². The van der Waals surface area contributed by atoms with Crippen LogP contribution in [0.2, 0.25) is 0 Å². The maximum absolute atomic E-state index is 3.80. The first kappa shape index (κ1) is 13.0. The van der Waals surface area contributed by atoms with E-state index in [0.29, 0.717) is 0 Å². The van der Waals surface area contributed by atoms with E-state index in [1.807, 2.05) is 0 Å². The molecule has 15 heavy (non-hydrogen) atoms. The van der Waals surface area contributed by atoms with Gasteiger partial charge in [-0.2, -0.15) is 0 Å². The topological polar surface area (TPSA) is 12.0 Å². The van der Waals surface area contributed by atoms with E-state index in [0.717, 1.165) is 18.0 Å². The van der Waals surface area contributed by atoms with Gasteiger partial charge in [-0.3, -0.25) is 0 Å². The molecule has 0 aromatic rings. The SMILES string of the molecule is CCCCCC(C)NC1CCC(CC)C1. The Bertz CT molecular complexity index is 155. The molecular formula is C14H29N. The number of hydrogen-bond donors (Lipinski definition) is 1. The second-order valence-electron chi connectivity index (χ2n) is 5.35. The molecule has 0 aromatic heterocycles. The Labute approximate surface area is 96.0 Å². The molecule has 0 radical (unpaired) electrons. The second kappa shape index (κ2) is 7.27. The quantitative estimate of drug-likeness (QED) is 0.625. The second-order valence-corrected chi connectivity index (χ2v) is 5.35. The molecule has 3 atom stereocenters. The lowest BCUT2D eigenvalue weighted by atomic mass is 10.0. The van der Waals surface area contributed by atoms with Gasteiger partial charge in [-0.15, -0.1) is 0 Å². The third-order valence-corrected chi connectivity index (χ3v) is 3.88. The minimum Gasteiger partial charge on any atom is -0.311 e. The van der Waals surface area contributed by atoms with Crippen LogP contribution >= 0.6 is 0 Å². The van der Waals surface area contributed by atoms with Gasteiger partial charge in [-0.1, -0.05) is 39.5 Å². The normalized spacial score (nSPS) is 28.2. The van der Waals surface area contributed by atoms with E-state index in [4.69, 9.17) is 0 Å². The fraction of sp³-hybridized carbons (Fsp3) is 1.00. The van der Waals surface area contributed by atoms with E-state index in [2.05, 4.69) is 26.1 Å². The Morgan fingerprint density at radius 2 is 2.00 bits per heavy atom. The molecule has 0 bridgehead atoms. The van der Waals surface area contributed by atoms with Crippen LogP contribution in [0.3, 0.4) is 0 Å². The van der Waals surface area contributed by atoms with E-state index in [1.165, 1.54) is 51.4 Å². The summed E-state index contributed by atoms with van der Waals surface area (Å²) in [6.45, 7) is 6.97. The van der Waals surface area contributed by atoms with Crippen LogP contribution < -0.4 is 5.32 Å². The van der Waals surface area contributed by atoms with Gasteiger partial charge in [0.1, 0.15) is 0 Å². The maximum atomic E-state index is 3.80. The van der Waals surface area contributed by atoms with Crippen molar-refractivity contribution in [3.63, 3.8) is 0 Å². The highest BCUT2D eigenvalue weighted by molar-refractivity contribution is 4.81. The van der Waals surface area contributed by atoms with Gasteiger partial charge in [0.15, 0.2) is 0 Å². The van der Waals surface area contributed by atoms with Crippen molar-refractivity contribution in [2.75, 3.05) is 0 Å². The van der Waals surface area contributed by atoms with Crippen LogP contribution in [0.1, 0.15) is 72.1 Å². The van der Waals surface area contributed by atoms with E-state index in [9.17, 15) is 0 Å². The van der Waals surface area contributed by atoms with Crippen LogP contribution in [-0.4, -0.2) is 12.1 Å². The molecule has 1 fully saturated rings. The van der Waals surface area contributed by atoms with E-state index in [1.54, 1.807) is 0 Å². The number of nitrogens with one attached hydrogen (secondary N) is 1. The summed E-state index contributed by atoms with van der Waals surface area (Å²) >= 11 is 0. The van der Waals surface area contributed by atoms with Crippen molar-refractivity contribution in [3.05, 3.63) is 0 Å². The Morgan fingerprint density at radius 1 is 1.20 bits per heavy atom. The van der Waals surface area contributed by atoms with Crippen LogP contribution in [0, 0.1) is 5.92 Å². The fourth-order valence-electron chi connectivity index (χ4n) is 2.78. The maximum Gasteiger partial charge on any atom is 0.00722 e. The van der Waals surface area contributed by atoms with Gasteiger partial charge in [0.25, 0.3) is 0 Å². The zero-order chi connectivity index (χ0) is 11.1. The molecule has 1 rings (SSSR count). The summed E-state index contributed by atoms with van der Waals surface area (Å²) in [6.07, 6.45) is 11.2. The predicted octanol–water partition coefficient (Wildman–Crippen LogP) is 4.12. The van der Waals surface area contributed by atoms with Gasteiger partial charge < -0.3 is 5.32 Å². The van der Waals surface area contributed by atoms with Gasteiger partial charge in [0, 0.05) is 12.1 Å². The van der Waals surface area contributed by atoms with Crippen molar-refractivity contribution in [1.29, 1.82) is 0 Å². The highest BCUT2D eigenvalue weighted by Gasteiger charge is 2.23. The molecule has 1 N–H and O–H groups in total. The lowest BCUT2D eigenvalue weighted by molar-refractivity contribution is 0.406. The van der Waals surface area contributed by atoms with Crippen LogP contribution in [0.25, 0.3) is 0 Å².